The smallest absolute Gasteiger partial charge is 0.497 e. The third kappa shape index (κ3) is 10.8. The molecule has 0 aromatic heterocycles. The number of thioether (sulfide) groups is 1. The van der Waals surface area contributed by atoms with Gasteiger partial charge < -0.3 is 28.7 Å². The minimum atomic E-state index is -1.02. The standard InChI is InChI=1S/C37H39N5O12S/c1-23(54-37(46)53-22-27-6-12-29(13-7-27)42(49)50)34-32(40(35(34)44)19-25-8-14-30(51-3)15-9-25)18-33(43)55-31-16-17-39(20-31)24(2)38-36(45)52-21-26-4-10-28(11-5-26)41(47)48/h4-15,23,31-32,34H,16-22H2,1-3H3/t23-,31?,32-,34-/m1/s1. The Labute approximate surface area is 319 Å². The van der Waals surface area contributed by atoms with Crippen LogP contribution in [-0.2, 0) is 43.6 Å². The highest BCUT2D eigenvalue weighted by Crippen LogP contribution is 2.37. The van der Waals surface area contributed by atoms with E-state index < -0.39 is 40.2 Å². The Hall–Kier alpha value is -6.04. The van der Waals surface area contributed by atoms with Gasteiger partial charge in [-0.1, -0.05) is 23.9 Å². The molecule has 2 amide bonds. The van der Waals surface area contributed by atoms with Crippen LogP contribution in [0.4, 0.5) is 21.0 Å². The Morgan fingerprint density at radius 3 is 2.02 bits per heavy atom. The van der Waals surface area contributed by atoms with Crippen molar-refractivity contribution in [3.63, 3.8) is 0 Å². The van der Waals surface area contributed by atoms with Gasteiger partial charge in [0.15, 0.2) is 5.12 Å². The Morgan fingerprint density at radius 1 is 0.891 bits per heavy atom. The Morgan fingerprint density at radius 2 is 1.45 bits per heavy atom. The molecular weight excluding hydrogens is 738 g/mol. The van der Waals surface area contributed by atoms with Crippen LogP contribution in [0.1, 0.15) is 43.4 Å². The maximum absolute atomic E-state index is 13.5. The number of nitrogens with zero attached hydrogens (tertiary/aromatic N) is 5. The number of benzene rings is 3. The topological polar surface area (TPSA) is 210 Å². The largest absolute Gasteiger partial charge is 0.508 e. The molecule has 3 aromatic rings. The fraction of sp³-hybridized carbons (Fsp3) is 0.378. The lowest BCUT2D eigenvalue weighted by Gasteiger charge is -2.48. The van der Waals surface area contributed by atoms with Gasteiger partial charge in [0, 0.05) is 55.6 Å². The summed E-state index contributed by atoms with van der Waals surface area (Å²) in [5.41, 5.74) is 1.72. The van der Waals surface area contributed by atoms with E-state index >= 15 is 0 Å². The first kappa shape index (κ1) is 40.2. The first-order chi connectivity index (χ1) is 26.3. The Bertz CT molecular complexity index is 1920. The van der Waals surface area contributed by atoms with Crippen molar-refractivity contribution >= 4 is 52.2 Å². The zero-order valence-corrected chi connectivity index (χ0v) is 31.0. The number of nitro groups is 2. The molecule has 0 spiro atoms. The van der Waals surface area contributed by atoms with Gasteiger partial charge in [0.05, 0.1) is 28.9 Å². The lowest BCUT2D eigenvalue weighted by molar-refractivity contribution is -0.385. The number of hydrogen-bond acceptors (Lipinski definition) is 13. The van der Waals surface area contributed by atoms with Crippen LogP contribution in [0.3, 0.4) is 0 Å². The number of amidine groups is 1. The monoisotopic (exact) mass is 777 g/mol. The van der Waals surface area contributed by atoms with E-state index in [0.29, 0.717) is 42.2 Å². The summed E-state index contributed by atoms with van der Waals surface area (Å²) in [6, 6.07) is 17.8. The summed E-state index contributed by atoms with van der Waals surface area (Å²) in [6.07, 6.45) is -2.12. The summed E-state index contributed by atoms with van der Waals surface area (Å²) in [6.45, 7) is 4.16. The molecule has 0 aliphatic carbocycles. The van der Waals surface area contributed by atoms with Crippen molar-refractivity contribution in [2.45, 2.75) is 63.8 Å². The normalized spacial score (nSPS) is 18.6. The van der Waals surface area contributed by atoms with E-state index in [4.69, 9.17) is 18.9 Å². The van der Waals surface area contributed by atoms with Crippen molar-refractivity contribution in [2.24, 2.45) is 10.9 Å². The number of aliphatic imine (C=N–C) groups is 1. The molecular formula is C37H39N5O12S. The summed E-state index contributed by atoms with van der Waals surface area (Å²) in [5, 5.41) is 21.5. The van der Waals surface area contributed by atoms with Gasteiger partial charge in [0.1, 0.15) is 30.9 Å². The van der Waals surface area contributed by atoms with Crippen LogP contribution in [0, 0.1) is 26.1 Å². The molecule has 4 atom stereocenters. The zero-order chi connectivity index (χ0) is 39.6. The Kier molecular flexibility index (Phi) is 13.4. The van der Waals surface area contributed by atoms with Gasteiger partial charge in [-0.05, 0) is 73.4 Å². The van der Waals surface area contributed by atoms with Gasteiger partial charge in [-0.15, -0.1) is 0 Å². The average molecular weight is 778 g/mol. The number of amides is 2. The summed E-state index contributed by atoms with van der Waals surface area (Å²) in [5.74, 6) is -0.0141. The van der Waals surface area contributed by atoms with Crippen molar-refractivity contribution in [1.29, 1.82) is 0 Å². The van der Waals surface area contributed by atoms with Gasteiger partial charge in [-0.3, -0.25) is 29.8 Å². The molecule has 0 bridgehead atoms. The summed E-state index contributed by atoms with van der Waals surface area (Å²) in [7, 11) is 1.55. The van der Waals surface area contributed by atoms with Crippen LogP contribution in [0.25, 0.3) is 0 Å². The van der Waals surface area contributed by atoms with Crippen LogP contribution < -0.4 is 4.74 Å². The van der Waals surface area contributed by atoms with Gasteiger partial charge in [-0.25, -0.2) is 9.59 Å². The molecule has 1 unspecified atom stereocenters. The molecule has 290 valence electrons. The molecule has 3 aromatic carbocycles. The minimum absolute atomic E-state index is 0.00130. The number of nitro benzene ring substituents is 2. The summed E-state index contributed by atoms with van der Waals surface area (Å²) < 4.78 is 21.1. The first-order valence-corrected chi connectivity index (χ1v) is 18.1. The van der Waals surface area contributed by atoms with E-state index in [0.717, 1.165) is 17.3 Å². The van der Waals surface area contributed by atoms with Crippen molar-refractivity contribution < 1.29 is 48.0 Å². The average Bonchev–Trinajstić information content (AvgIpc) is 3.64. The number of rotatable bonds is 14. The highest BCUT2D eigenvalue weighted by Gasteiger charge is 2.52. The van der Waals surface area contributed by atoms with Crippen LogP contribution in [0.15, 0.2) is 77.8 Å². The number of carbonyl (C=O) groups is 4. The molecule has 2 aliphatic rings. The molecule has 2 fully saturated rings. The van der Waals surface area contributed by atoms with Crippen molar-refractivity contribution in [1.82, 2.24) is 9.80 Å². The van der Waals surface area contributed by atoms with Crippen LogP contribution in [-0.4, -0.2) is 86.3 Å². The molecule has 0 radical (unpaired) electrons. The zero-order valence-electron chi connectivity index (χ0n) is 30.2. The highest BCUT2D eigenvalue weighted by molar-refractivity contribution is 8.14. The number of hydrogen-bond donors (Lipinski definition) is 0. The van der Waals surface area contributed by atoms with Crippen molar-refractivity contribution in [3.05, 3.63) is 110 Å². The second-order valence-corrected chi connectivity index (χ2v) is 14.2. The summed E-state index contributed by atoms with van der Waals surface area (Å²) in [4.78, 5) is 80.2. The lowest BCUT2D eigenvalue weighted by atomic mass is 9.81. The van der Waals surface area contributed by atoms with E-state index in [1.807, 2.05) is 17.0 Å². The molecule has 5 rings (SSSR count). The predicted molar refractivity (Wildman–Crippen MR) is 198 cm³/mol. The molecule has 18 heteroatoms. The van der Waals surface area contributed by atoms with Crippen LogP contribution in [0.2, 0.25) is 0 Å². The molecule has 2 saturated heterocycles. The number of non-ortho nitro benzene ring substituents is 2. The number of carbonyl (C=O) groups excluding carboxylic acids is 4. The fourth-order valence-corrected chi connectivity index (χ4v) is 7.35. The second kappa shape index (κ2) is 18.3. The van der Waals surface area contributed by atoms with Gasteiger partial charge >= 0.3 is 12.2 Å². The third-order valence-electron chi connectivity index (χ3n) is 9.23. The highest BCUT2D eigenvalue weighted by atomic mass is 32.2. The minimum Gasteiger partial charge on any atom is -0.497 e. The van der Waals surface area contributed by atoms with E-state index in [-0.39, 0.29) is 53.8 Å². The van der Waals surface area contributed by atoms with E-state index in [1.165, 1.54) is 48.5 Å². The van der Waals surface area contributed by atoms with Crippen LogP contribution >= 0.6 is 11.8 Å². The maximum Gasteiger partial charge on any atom is 0.508 e. The van der Waals surface area contributed by atoms with Crippen molar-refractivity contribution in [2.75, 3.05) is 20.2 Å². The van der Waals surface area contributed by atoms with Crippen molar-refractivity contribution in [3.8, 4) is 5.75 Å². The second-order valence-electron chi connectivity index (χ2n) is 12.9. The molecule has 0 saturated carbocycles. The van der Waals surface area contributed by atoms with E-state index in [2.05, 4.69) is 4.99 Å². The lowest BCUT2D eigenvalue weighted by Crippen LogP contribution is -2.64. The fourth-order valence-electron chi connectivity index (χ4n) is 6.24. The van der Waals surface area contributed by atoms with Gasteiger partial charge in [-0.2, -0.15) is 4.99 Å². The molecule has 55 heavy (non-hydrogen) atoms. The molecule has 0 N–H and O–H groups in total. The number of ether oxygens (including phenoxy) is 4. The first-order valence-electron chi connectivity index (χ1n) is 17.2. The summed E-state index contributed by atoms with van der Waals surface area (Å²) >= 11 is 1.16. The SMILES string of the molecule is COc1ccc(CN2C(=O)[C@H]([C@@H](C)OC(=O)OCc3ccc([N+](=O)[O-])cc3)[C@H]2CC(=O)SC2CCN(C(C)=NC(=O)OCc3ccc([N+](=O)[O-])cc3)C2)cc1. The molecule has 2 heterocycles. The quantitative estimate of drug-likeness (QED) is 0.0455. The van der Waals surface area contributed by atoms with E-state index in [9.17, 15) is 39.4 Å². The third-order valence-corrected chi connectivity index (χ3v) is 10.4. The van der Waals surface area contributed by atoms with Gasteiger partial charge in [0.25, 0.3) is 11.4 Å². The molecule has 17 nitrogen and oxygen atoms in total. The number of methoxy groups -OCH3 is 1. The maximum atomic E-state index is 13.5. The predicted octanol–water partition coefficient (Wildman–Crippen LogP) is 6.06. The number of β-lactam (4-membered cyclic amide) rings is 1. The van der Waals surface area contributed by atoms with Gasteiger partial charge in [0.2, 0.25) is 5.91 Å². The Balaban J connectivity index is 1.15. The van der Waals surface area contributed by atoms with E-state index in [1.54, 1.807) is 38.0 Å². The van der Waals surface area contributed by atoms with Crippen LogP contribution in [0.5, 0.6) is 5.75 Å². The molecule has 2 aliphatic heterocycles. The number of likely N-dealkylation sites (tertiary alicyclic amines) is 2.